The molecule has 0 saturated carbocycles. The molecular formula is C24H33N3O7S. The van der Waals surface area contributed by atoms with Gasteiger partial charge in [0.05, 0.1) is 33.3 Å². The highest BCUT2D eigenvalue weighted by Crippen LogP contribution is 2.32. The number of carbonyl (C=O) groups is 2. The van der Waals surface area contributed by atoms with E-state index in [0.717, 1.165) is 16.1 Å². The van der Waals surface area contributed by atoms with Crippen LogP contribution in [0.4, 0.5) is 5.69 Å². The molecule has 0 unspecified atom stereocenters. The lowest BCUT2D eigenvalue weighted by Gasteiger charge is -2.31. The molecule has 0 bridgehead atoms. The van der Waals surface area contributed by atoms with Crippen LogP contribution in [0, 0.1) is 0 Å². The first-order valence-corrected chi connectivity index (χ1v) is 12.8. The van der Waals surface area contributed by atoms with Gasteiger partial charge in [0, 0.05) is 19.2 Å². The molecule has 0 saturated heterocycles. The third-order valence-electron chi connectivity index (χ3n) is 5.36. The summed E-state index contributed by atoms with van der Waals surface area (Å²) in [7, 11) is 0.595. The molecule has 1 N–H and O–H groups in total. The normalized spacial score (nSPS) is 11.8. The second kappa shape index (κ2) is 12.3. The van der Waals surface area contributed by atoms with Gasteiger partial charge in [0.15, 0.2) is 11.5 Å². The molecule has 2 rings (SSSR count). The summed E-state index contributed by atoms with van der Waals surface area (Å²) >= 11 is 0. The number of hydrogen-bond donors (Lipinski definition) is 1. The molecule has 0 aliphatic carbocycles. The van der Waals surface area contributed by atoms with Crippen molar-refractivity contribution < 1.29 is 32.2 Å². The van der Waals surface area contributed by atoms with Gasteiger partial charge in [0.25, 0.3) is 0 Å². The Morgan fingerprint density at radius 3 is 2.11 bits per heavy atom. The van der Waals surface area contributed by atoms with Crippen LogP contribution in [0.25, 0.3) is 0 Å². The van der Waals surface area contributed by atoms with E-state index in [1.807, 2.05) is 0 Å². The van der Waals surface area contributed by atoms with Gasteiger partial charge in [-0.2, -0.15) is 0 Å². The minimum atomic E-state index is -3.86. The van der Waals surface area contributed by atoms with Crippen LogP contribution in [0.15, 0.2) is 42.5 Å². The lowest BCUT2D eigenvalue weighted by molar-refractivity contribution is -0.139. The first kappa shape index (κ1) is 27.8. The number of methoxy groups -OCH3 is 3. The molecule has 2 aromatic rings. The van der Waals surface area contributed by atoms with Crippen LogP contribution >= 0.6 is 0 Å². The van der Waals surface area contributed by atoms with Crippen molar-refractivity contribution in [3.63, 3.8) is 0 Å². The molecule has 0 fully saturated rings. The zero-order chi connectivity index (χ0) is 26.2. The van der Waals surface area contributed by atoms with Crippen LogP contribution in [-0.4, -0.2) is 71.8 Å². The highest BCUT2D eigenvalue weighted by molar-refractivity contribution is 7.92. The summed E-state index contributed by atoms with van der Waals surface area (Å²) in [5, 5.41) is 2.71. The Hall–Kier alpha value is -3.47. The minimum Gasteiger partial charge on any atom is -0.497 e. The zero-order valence-electron chi connectivity index (χ0n) is 20.9. The van der Waals surface area contributed by atoms with Crippen molar-refractivity contribution in [2.45, 2.75) is 26.4 Å². The maximum Gasteiger partial charge on any atom is 0.244 e. The van der Waals surface area contributed by atoms with Gasteiger partial charge in [-0.05, 0) is 43.7 Å². The topological polar surface area (TPSA) is 114 Å². The maximum absolute atomic E-state index is 13.5. The van der Waals surface area contributed by atoms with Crippen LogP contribution in [-0.2, 0) is 26.2 Å². The summed E-state index contributed by atoms with van der Waals surface area (Å²) < 4.78 is 42.0. The van der Waals surface area contributed by atoms with Gasteiger partial charge in [-0.15, -0.1) is 0 Å². The summed E-state index contributed by atoms with van der Waals surface area (Å²) in [5.74, 6) is 0.505. The molecule has 10 nitrogen and oxygen atoms in total. The van der Waals surface area contributed by atoms with Crippen LogP contribution in [0.5, 0.6) is 17.2 Å². The Labute approximate surface area is 206 Å². The van der Waals surface area contributed by atoms with E-state index in [1.165, 1.54) is 31.3 Å². The molecule has 0 aliphatic rings. The van der Waals surface area contributed by atoms with Gasteiger partial charge >= 0.3 is 0 Å². The van der Waals surface area contributed by atoms with Crippen molar-refractivity contribution in [3.8, 4) is 17.2 Å². The minimum absolute atomic E-state index is 0.102. The predicted molar refractivity (Wildman–Crippen MR) is 133 cm³/mol. The molecule has 192 valence electrons. The molecule has 0 spiro atoms. The number of amides is 2. The third-order valence-corrected chi connectivity index (χ3v) is 6.51. The molecule has 0 heterocycles. The highest BCUT2D eigenvalue weighted by Gasteiger charge is 2.30. The lowest BCUT2D eigenvalue weighted by atomic mass is 10.1. The van der Waals surface area contributed by atoms with E-state index in [0.29, 0.717) is 23.8 Å². The molecule has 2 aromatic carbocycles. The largest absolute Gasteiger partial charge is 0.497 e. The Balaban J connectivity index is 2.42. The van der Waals surface area contributed by atoms with E-state index in [-0.39, 0.29) is 18.1 Å². The van der Waals surface area contributed by atoms with E-state index < -0.39 is 28.5 Å². The van der Waals surface area contributed by atoms with E-state index in [9.17, 15) is 18.0 Å². The number of carbonyl (C=O) groups excluding carboxylic acids is 2. The Bertz CT molecular complexity index is 1120. The van der Waals surface area contributed by atoms with Gasteiger partial charge in [0.2, 0.25) is 21.8 Å². The second-order valence-electron chi connectivity index (χ2n) is 7.75. The summed E-state index contributed by atoms with van der Waals surface area (Å²) in [4.78, 5) is 27.4. The Morgan fingerprint density at radius 1 is 0.971 bits per heavy atom. The maximum atomic E-state index is 13.5. The number of ether oxygens (including phenoxy) is 3. The quantitative estimate of drug-likeness (QED) is 0.468. The van der Waals surface area contributed by atoms with Gasteiger partial charge < -0.3 is 24.4 Å². The summed E-state index contributed by atoms with van der Waals surface area (Å²) in [5.41, 5.74) is 0.987. The van der Waals surface area contributed by atoms with Crippen molar-refractivity contribution >= 4 is 27.5 Å². The number of benzene rings is 2. The van der Waals surface area contributed by atoms with Gasteiger partial charge in [0.1, 0.15) is 18.3 Å². The fourth-order valence-corrected chi connectivity index (χ4v) is 4.27. The highest BCUT2D eigenvalue weighted by atomic mass is 32.2. The fraction of sp³-hybridized carbons (Fsp3) is 0.417. The van der Waals surface area contributed by atoms with Crippen molar-refractivity contribution in [2.75, 3.05) is 45.0 Å². The van der Waals surface area contributed by atoms with Crippen LogP contribution < -0.4 is 23.8 Å². The number of anilines is 1. The molecule has 0 radical (unpaired) electrons. The SMILES string of the molecule is CCNC(=O)[C@@H](C)N(Cc1ccc(OC)cc1)C(=O)CN(c1ccc(OC)c(OC)c1)S(C)(=O)=O. The first-order valence-electron chi connectivity index (χ1n) is 11.0. The standard InChI is InChI=1S/C24H33N3O7S/c1-7-25-24(29)17(2)26(15-18-8-11-20(32-3)12-9-18)23(28)16-27(35(6,30)31)19-10-13-21(33-4)22(14-19)34-5/h8-14,17H,7,15-16H2,1-6H3,(H,25,29)/t17-/m1/s1. The van der Waals surface area contributed by atoms with E-state index in [2.05, 4.69) is 5.32 Å². The molecular weight excluding hydrogens is 474 g/mol. The van der Waals surface area contributed by atoms with E-state index in [4.69, 9.17) is 14.2 Å². The molecule has 1 atom stereocenters. The predicted octanol–water partition coefficient (Wildman–Crippen LogP) is 2.03. The van der Waals surface area contributed by atoms with Crippen molar-refractivity contribution in [1.29, 1.82) is 0 Å². The number of likely N-dealkylation sites (N-methyl/N-ethyl adjacent to an activating group) is 1. The molecule has 2 amide bonds. The average Bonchev–Trinajstić information content (AvgIpc) is 2.84. The molecule has 35 heavy (non-hydrogen) atoms. The Morgan fingerprint density at radius 2 is 1.60 bits per heavy atom. The molecule has 0 aliphatic heterocycles. The number of rotatable bonds is 12. The monoisotopic (exact) mass is 507 g/mol. The number of nitrogens with zero attached hydrogens (tertiary/aromatic N) is 2. The zero-order valence-corrected chi connectivity index (χ0v) is 21.7. The van der Waals surface area contributed by atoms with Crippen molar-refractivity contribution in [1.82, 2.24) is 10.2 Å². The Kier molecular flexibility index (Phi) is 9.76. The summed E-state index contributed by atoms with van der Waals surface area (Å²) in [6.07, 6.45) is 1.01. The van der Waals surface area contributed by atoms with Gasteiger partial charge in [-0.1, -0.05) is 12.1 Å². The lowest BCUT2D eigenvalue weighted by Crippen LogP contribution is -2.51. The smallest absolute Gasteiger partial charge is 0.244 e. The third kappa shape index (κ3) is 7.25. The van der Waals surface area contributed by atoms with Crippen molar-refractivity contribution in [3.05, 3.63) is 48.0 Å². The van der Waals surface area contributed by atoms with Crippen LogP contribution in [0.3, 0.4) is 0 Å². The van der Waals surface area contributed by atoms with Crippen LogP contribution in [0.1, 0.15) is 19.4 Å². The number of sulfonamides is 1. The summed E-state index contributed by atoms with van der Waals surface area (Å²) in [6, 6.07) is 10.8. The second-order valence-corrected chi connectivity index (χ2v) is 9.66. The van der Waals surface area contributed by atoms with Crippen LogP contribution in [0.2, 0.25) is 0 Å². The average molecular weight is 508 g/mol. The fourth-order valence-electron chi connectivity index (χ4n) is 3.43. The molecule has 11 heteroatoms. The van der Waals surface area contributed by atoms with Gasteiger partial charge in [-0.25, -0.2) is 8.42 Å². The number of nitrogens with one attached hydrogen (secondary N) is 1. The first-order chi connectivity index (χ1) is 16.5. The summed E-state index contributed by atoms with van der Waals surface area (Å²) in [6.45, 7) is 3.38. The van der Waals surface area contributed by atoms with E-state index >= 15 is 0 Å². The van der Waals surface area contributed by atoms with Crippen molar-refractivity contribution in [2.24, 2.45) is 0 Å². The number of hydrogen-bond acceptors (Lipinski definition) is 7. The van der Waals surface area contributed by atoms with Gasteiger partial charge in [-0.3, -0.25) is 13.9 Å². The van der Waals surface area contributed by atoms with E-state index in [1.54, 1.807) is 51.3 Å². The molecule has 0 aromatic heterocycles.